The van der Waals surface area contributed by atoms with Gasteiger partial charge in [0.1, 0.15) is 5.75 Å². The van der Waals surface area contributed by atoms with Gasteiger partial charge in [0.25, 0.3) is 0 Å². The van der Waals surface area contributed by atoms with Gasteiger partial charge in [-0.05, 0) is 25.8 Å². The highest BCUT2D eigenvalue weighted by atomic mass is 16.5. The van der Waals surface area contributed by atoms with E-state index in [0.717, 1.165) is 29.7 Å². The molecule has 1 aliphatic heterocycles. The quantitative estimate of drug-likeness (QED) is 0.796. The average molecular weight is 346 g/mol. The summed E-state index contributed by atoms with van der Waals surface area (Å²) in [7, 11) is 1.63. The lowest BCUT2D eigenvalue weighted by molar-refractivity contribution is -0.142. The number of ether oxygens (including phenoxy) is 1. The van der Waals surface area contributed by atoms with Gasteiger partial charge in [0.05, 0.1) is 13.5 Å². The molecule has 0 unspecified atom stereocenters. The summed E-state index contributed by atoms with van der Waals surface area (Å²) in [4.78, 5) is 28.9. The lowest BCUT2D eigenvalue weighted by Crippen LogP contribution is -2.52. The van der Waals surface area contributed by atoms with Crippen molar-refractivity contribution in [3.8, 4) is 5.75 Å². The van der Waals surface area contributed by atoms with E-state index in [4.69, 9.17) is 4.74 Å². The third-order valence-corrected chi connectivity index (χ3v) is 5.06. The molecule has 0 radical (unpaired) electrons. The minimum Gasteiger partial charge on any atom is -0.496 e. The first kappa shape index (κ1) is 19.3. The van der Waals surface area contributed by atoms with E-state index in [-0.39, 0.29) is 17.7 Å². The molecule has 5 heteroatoms. The van der Waals surface area contributed by atoms with E-state index < -0.39 is 0 Å². The van der Waals surface area contributed by atoms with Crippen molar-refractivity contribution in [2.75, 3.05) is 33.3 Å². The highest BCUT2D eigenvalue weighted by Gasteiger charge is 2.27. The Hall–Kier alpha value is -2.04. The lowest BCUT2D eigenvalue weighted by atomic mass is 10.0. The highest BCUT2D eigenvalue weighted by molar-refractivity contribution is 5.81. The summed E-state index contributed by atoms with van der Waals surface area (Å²) in [5.41, 5.74) is 2.03. The van der Waals surface area contributed by atoms with Crippen LogP contribution in [0.5, 0.6) is 5.75 Å². The van der Waals surface area contributed by atoms with Crippen LogP contribution in [0.4, 0.5) is 0 Å². The van der Waals surface area contributed by atoms with Gasteiger partial charge in [-0.25, -0.2) is 0 Å². The molecule has 138 valence electrons. The van der Waals surface area contributed by atoms with Gasteiger partial charge in [0.15, 0.2) is 0 Å². The standard InChI is InChI=1S/C20H30N2O3/c1-5-16(6-2)20(24)22-11-9-21(10-12-22)19(23)14-17-13-15(3)7-8-18(17)25-4/h7-8,13,16H,5-6,9-12,14H2,1-4H3. The predicted octanol–water partition coefficient (Wildman–Crippen LogP) is 2.65. The molecule has 2 rings (SSSR count). The first-order chi connectivity index (χ1) is 12.0. The maximum absolute atomic E-state index is 12.6. The first-order valence-corrected chi connectivity index (χ1v) is 9.20. The number of rotatable bonds is 6. The molecule has 1 saturated heterocycles. The smallest absolute Gasteiger partial charge is 0.227 e. The molecule has 0 atom stereocenters. The Labute approximate surface area is 150 Å². The molecule has 1 aromatic carbocycles. The number of hydrogen-bond acceptors (Lipinski definition) is 3. The number of aryl methyl sites for hydroxylation is 1. The number of methoxy groups -OCH3 is 1. The summed E-state index contributed by atoms with van der Waals surface area (Å²) in [6.45, 7) is 8.60. The fourth-order valence-corrected chi connectivity index (χ4v) is 3.39. The Bertz CT molecular complexity index is 603. The van der Waals surface area contributed by atoms with Crippen LogP contribution in [0.25, 0.3) is 0 Å². The molecule has 0 N–H and O–H groups in total. The fourth-order valence-electron chi connectivity index (χ4n) is 3.39. The number of nitrogens with zero attached hydrogens (tertiary/aromatic N) is 2. The van der Waals surface area contributed by atoms with Gasteiger partial charge >= 0.3 is 0 Å². The lowest BCUT2D eigenvalue weighted by Gasteiger charge is -2.36. The second kappa shape index (κ2) is 8.88. The van der Waals surface area contributed by atoms with Gasteiger partial charge < -0.3 is 14.5 Å². The molecule has 25 heavy (non-hydrogen) atoms. The van der Waals surface area contributed by atoms with Gasteiger partial charge in [-0.3, -0.25) is 9.59 Å². The van der Waals surface area contributed by atoms with Gasteiger partial charge in [0, 0.05) is 37.7 Å². The van der Waals surface area contributed by atoms with Crippen LogP contribution in [0.15, 0.2) is 18.2 Å². The van der Waals surface area contributed by atoms with Crippen LogP contribution >= 0.6 is 0 Å². The Morgan fingerprint density at radius 1 is 1.08 bits per heavy atom. The number of carbonyl (C=O) groups is 2. The van der Waals surface area contributed by atoms with Crippen molar-refractivity contribution in [1.29, 1.82) is 0 Å². The Morgan fingerprint density at radius 2 is 1.68 bits per heavy atom. The molecular weight excluding hydrogens is 316 g/mol. The van der Waals surface area contributed by atoms with E-state index in [1.807, 2.05) is 34.9 Å². The van der Waals surface area contributed by atoms with Crippen LogP contribution in [-0.4, -0.2) is 54.9 Å². The Morgan fingerprint density at radius 3 is 2.24 bits per heavy atom. The number of benzene rings is 1. The third kappa shape index (κ3) is 4.74. The first-order valence-electron chi connectivity index (χ1n) is 9.20. The Kier molecular flexibility index (Phi) is 6.85. The molecule has 1 aromatic rings. The van der Waals surface area contributed by atoms with Crippen molar-refractivity contribution in [2.45, 2.75) is 40.0 Å². The maximum atomic E-state index is 12.6. The molecule has 1 fully saturated rings. The number of piperazine rings is 1. The van der Waals surface area contributed by atoms with Crippen LogP contribution in [0.1, 0.15) is 37.8 Å². The zero-order valence-electron chi connectivity index (χ0n) is 15.9. The maximum Gasteiger partial charge on any atom is 0.227 e. The molecule has 0 aromatic heterocycles. The second-order valence-electron chi connectivity index (χ2n) is 6.71. The van der Waals surface area contributed by atoms with Crippen LogP contribution in [0, 0.1) is 12.8 Å². The van der Waals surface area contributed by atoms with Gasteiger partial charge in [-0.15, -0.1) is 0 Å². The van der Waals surface area contributed by atoms with Crippen LogP contribution < -0.4 is 4.74 Å². The molecule has 5 nitrogen and oxygen atoms in total. The van der Waals surface area contributed by atoms with E-state index in [0.29, 0.717) is 32.6 Å². The molecule has 1 aliphatic rings. The van der Waals surface area contributed by atoms with E-state index in [9.17, 15) is 9.59 Å². The Balaban J connectivity index is 1.93. The molecule has 0 saturated carbocycles. The monoisotopic (exact) mass is 346 g/mol. The molecular formula is C20H30N2O3. The third-order valence-electron chi connectivity index (χ3n) is 5.06. The normalized spacial score (nSPS) is 14.8. The number of hydrogen-bond donors (Lipinski definition) is 0. The van der Waals surface area contributed by atoms with Crippen molar-refractivity contribution in [3.05, 3.63) is 29.3 Å². The molecule has 0 bridgehead atoms. The largest absolute Gasteiger partial charge is 0.496 e. The van der Waals surface area contributed by atoms with Crippen molar-refractivity contribution < 1.29 is 14.3 Å². The summed E-state index contributed by atoms with van der Waals surface area (Å²) in [6, 6.07) is 5.89. The SMILES string of the molecule is CCC(CC)C(=O)N1CCN(C(=O)Cc2cc(C)ccc2OC)CC1. The van der Waals surface area contributed by atoms with E-state index in [2.05, 4.69) is 13.8 Å². The minimum atomic E-state index is 0.0959. The van der Waals surface area contributed by atoms with Crippen molar-refractivity contribution in [1.82, 2.24) is 9.80 Å². The fraction of sp³-hybridized carbons (Fsp3) is 0.600. The average Bonchev–Trinajstić information content (AvgIpc) is 2.63. The molecule has 0 spiro atoms. The molecule has 0 aliphatic carbocycles. The summed E-state index contributed by atoms with van der Waals surface area (Å²) in [6.07, 6.45) is 2.09. The van der Waals surface area contributed by atoms with Crippen molar-refractivity contribution >= 4 is 11.8 Å². The van der Waals surface area contributed by atoms with Crippen LogP contribution in [0.2, 0.25) is 0 Å². The second-order valence-corrected chi connectivity index (χ2v) is 6.71. The summed E-state index contributed by atoms with van der Waals surface area (Å²) < 4.78 is 5.36. The van der Waals surface area contributed by atoms with E-state index >= 15 is 0 Å². The van der Waals surface area contributed by atoms with Crippen molar-refractivity contribution in [3.63, 3.8) is 0 Å². The number of amides is 2. The van der Waals surface area contributed by atoms with Gasteiger partial charge in [0.2, 0.25) is 11.8 Å². The zero-order valence-corrected chi connectivity index (χ0v) is 15.9. The summed E-state index contributed by atoms with van der Waals surface area (Å²) in [5.74, 6) is 1.19. The van der Waals surface area contributed by atoms with Gasteiger partial charge in [-0.1, -0.05) is 31.5 Å². The molecule has 2 amide bonds. The van der Waals surface area contributed by atoms with Crippen LogP contribution in [0.3, 0.4) is 0 Å². The summed E-state index contributed by atoms with van der Waals surface area (Å²) in [5, 5.41) is 0. The van der Waals surface area contributed by atoms with E-state index in [1.165, 1.54) is 0 Å². The van der Waals surface area contributed by atoms with E-state index in [1.54, 1.807) is 7.11 Å². The predicted molar refractivity (Wildman–Crippen MR) is 98.7 cm³/mol. The summed E-state index contributed by atoms with van der Waals surface area (Å²) >= 11 is 0. The number of carbonyl (C=O) groups excluding carboxylic acids is 2. The topological polar surface area (TPSA) is 49.9 Å². The van der Waals surface area contributed by atoms with Crippen molar-refractivity contribution in [2.24, 2.45) is 5.92 Å². The minimum absolute atomic E-state index is 0.0959. The van der Waals surface area contributed by atoms with Gasteiger partial charge in [-0.2, -0.15) is 0 Å². The zero-order chi connectivity index (χ0) is 18.4. The molecule has 1 heterocycles. The highest BCUT2D eigenvalue weighted by Crippen LogP contribution is 2.21. The van der Waals surface area contributed by atoms with Crippen LogP contribution in [-0.2, 0) is 16.0 Å².